The van der Waals surface area contributed by atoms with Crippen molar-refractivity contribution in [2.24, 2.45) is 0 Å². The number of carbonyl (C=O) groups is 1. The second kappa shape index (κ2) is 5.78. The summed E-state index contributed by atoms with van der Waals surface area (Å²) in [7, 11) is 2.10. The lowest BCUT2D eigenvalue weighted by Gasteiger charge is -2.32. The standard InChI is InChI=1S/C10H18N2O2/c1-3-10(13)14-7-4-9-8-11-5-6-12(9)2/h3,9,11H,1,4-8H2,2H3. The van der Waals surface area contributed by atoms with Crippen LogP contribution >= 0.6 is 0 Å². The second-order valence-electron chi connectivity index (χ2n) is 3.50. The van der Waals surface area contributed by atoms with Gasteiger partial charge in [-0.2, -0.15) is 0 Å². The molecule has 0 amide bonds. The van der Waals surface area contributed by atoms with Crippen LogP contribution in [0.4, 0.5) is 0 Å². The summed E-state index contributed by atoms with van der Waals surface area (Å²) in [6, 6.07) is 0.473. The summed E-state index contributed by atoms with van der Waals surface area (Å²) in [5.41, 5.74) is 0. The van der Waals surface area contributed by atoms with Crippen molar-refractivity contribution in [2.45, 2.75) is 12.5 Å². The fraction of sp³-hybridized carbons (Fsp3) is 0.700. The Labute approximate surface area is 84.9 Å². The molecule has 0 spiro atoms. The van der Waals surface area contributed by atoms with Crippen LogP contribution in [0.15, 0.2) is 12.7 Å². The first-order valence-electron chi connectivity index (χ1n) is 4.94. The highest BCUT2D eigenvalue weighted by Gasteiger charge is 2.18. The predicted octanol–water partition coefficient (Wildman–Crippen LogP) is 0.00930. The third kappa shape index (κ3) is 3.47. The van der Waals surface area contributed by atoms with Gasteiger partial charge in [-0.1, -0.05) is 6.58 Å². The molecule has 1 aliphatic rings. The molecule has 0 aromatic rings. The van der Waals surface area contributed by atoms with E-state index in [1.165, 1.54) is 6.08 Å². The van der Waals surface area contributed by atoms with Gasteiger partial charge in [0.15, 0.2) is 0 Å². The minimum atomic E-state index is -0.337. The van der Waals surface area contributed by atoms with E-state index < -0.39 is 0 Å². The van der Waals surface area contributed by atoms with Crippen molar-refractivity contribution in [1.29, 1.82) is 0 Å². The molecule has 1 heterocycles. The van der Waals surface area contributed by atoms with Crippen molar-refractivity contribution in [3.8, 4) is 0 Å². The zero-order chi connectivity index (χ0) is 10.4. The van der Waals surface area contributed by atoms with Gasteiger partial charge in [0.1, 0.15) is 0 Å². The van der Waals surface area contributed by atoms with Gasteiger partial charge in [-0.05, 0) is 13.5 Å². The van der Waals surface area contributed by atoms with Crippen LogP contribution in [0.2, 0.25) is 0 Å². The summed E-state index contributed by atoms with van der Waals surface area (Å²) in [6.07, 6.45) is 2.08. The summed E-state index contributed by atoms with van der Waals surface area (Å²) in [5.74, 6) is -0.337. The van der Waals surface area contributed by atoms with Gasteiger partial charge in [-0.3, -0.25) is 0 Å². The molecule has 1 N–H and O–H groups in total. The molecule has 80 valence electrons. The molecule has 0 aliphatic carbocycles. The molecule has 0 aromatic carbocycles. The highest BCUT2D eigenvalue weighted by atomic mass is 16.5. The molecule has 1 aliphatic heterocycles. The van der Waals surface area contributed by atoms with Gasteiger partial charge in [0.2, 0.25) is 0 Å². The van der Waals surface area contributed by atoms with E-state index in [2.05, 4.69) is 23.8 Å². The topological polar surface area (TPSA) is 41.6 Å². The van der Waals surface area contributed by atoms with Crippen LogP contribution in [0, 0.1) is 0 Å². The summed E-state index contributed by atoms with van der Waals surface area (Å²) in [5, 5.41) is 3.32. The normalized spacial score (nSPS) is 23.1. The van der Waals surface area contributed by atoms with Crippen molar-refractivity contribution in [1.82, 2.24) is 10.2 Å². The maximum absolute atomic E-state index is 10.8. The Morgan fingerprint density at radius 1 is 1.79 bits per heavy atom. The number of esters is 1. The quantitative estimate of drug-likeness (QED) is 0.510. The van der Waals surface area contributed by atoms with E-state index in [1.54, 1.807) is 0 Å². The minimum Gasteiger partial charge on any atom is -0.462 e. The monoisotopic (exact) mass is 198 g/mol. The van der Waals surface area contributed by atoms with Crippen molar-refractivity contribution < 1.29 is 9.53 Å². The highest BCUT2D eigenvalue weighted by Crippen LogP contribution is 2.04. The maximum atomic E-state index is 10.8. The Bertz CT molecular complexity index is 206. The van der Waals surface area contributed by atoms with Gasteiger partial charge in [0, 0.05) is 31.8 Å². The Hall–Kier alpha value is -0.870. The third-order valence-corrected chi connectivity index (χ3v) is 2.51. The molecular formula is C10H18N2O2. The molecule has 1 rings (SSSR count). The first kappa shape index (κ1) is 11.2. The molecular weight excluding hydrogens is 180 g/mol. The number of likely N-dealkylation sites (N-methyl/N-ethyl adjacent to an activating group) is 1. The number of nitrogens with one attached hydrogen (secondary N) is 1. The Balaban J connectivity index is 2.16. The molecule has 0 saturated carbocycles. The first-order valence-corrected chi connectivity index (χ1v) is 4.94. The number of rotatable bonds is 4. The average Bonchev–Trinajstić information content (AvgIpc) is 2.20. The number of nitrogens with zero attached hydrogens (tertiary/aromatic N) is 1. The van der Waals surface area contributed by atoms with Gasteiger partial charge in [-0.25, -0.2) is 4.79 Å². The predicted molar refractivity (Wildman–Crippen MR) is 55.1 cm³/mol. The average molecular weight is 198 g/mol. The van der Waals surface area contributed by atoms with E-state index in [0.29, 0.717) is 12.6 Å². The van der Waals surface area contributed by atoms with Crippen molar-refractivity contribution >= 4 is 5.97 Å². The molecule has 1 saturated heterocycles. The molecule has 1 fully saturated rings. The second-order valence-corrected chi connectivity index (χ2v) is 3.50. The summed E-state index contributed by atoms with van der Waals surface area (Å²) in [4.78, 5) is 13.1. The summed E-state index contributed by atoms with van der Waals surface area (Å²) in [6.45, 7) is 6.89. The summed E-state index contributed by atoms with van der Waals surface area (Å²) >= 11 is 0. The van der Waals surface area contributed by atoms with Gasteiger partial charge < -0.3 is 15.0 Å². The molecule has 0 bridgehead atoms. The maximum Gasteiger partial charge on any atom is 0.330 e. The smallest absolute Gasteiger partial charge is 0.330 e. The first-order chi connectivity index (χ1) is 6.74. The molecule has 1 atom stereocenters. The van der Waals surface area contributed by atoms with Gasteiger partial charge in [0.25, 0.3) is 0 Å². The number of ether oxygens (including phenoxy) is 1. The molecule has 14 heavy (non-hydrogen) atoms. The number of piperazine rings is 1. The van der Waals surface area contributed by atoms with Crippen molar-refractivity contribution in [2.75, 3.05) is 33.3 Å². The molecule has 0 radical (unpaired) electrons. The third-order valence-electron chi connectivity index (χ3n) is 2.51. The van der Waals surface area contributed by atoms with E-state index in [9.17, 15) is 4.79 Å². The number of hydrogen-bond donors (Lipinski definition) is 1. The van der Waals surface area contributed by atoms with Gasteiger partial charge in [0.05, 0.1) is 6.61 Å². The van der Waals surface area contributed by atoms with E-state index in [4.69, 9.17) is 4.74 Å². The van der Waals surface area contributed by atoms with Crippen molar-refractivity contribution in [3.63, 3.8) is 0 Å². The Morgan fingerprint density at radius 3 is 3.21 bits per heavy atom. The SMILES string of the molecule is C=CC(=O)OCCC1CNCCN1C. The largest absolute Gasteiger partial charge is 0.462 e. The van der Waals surface area contributed by atoms with Gasteiger partial charge in [-0.15, -0.1) is 0 Å². The van der Waals surface area contributed by atoms with E-state index in [0.717, 1.165) is 26.1 Å². The van der Waals surface area contributed by atoms with Crippen LogP contribution < -0.4 is 5.32 Å². The lowest BCUT2D eigenvalue weighted by atomic mass is 10.1. The zero-order valence-electron chi connectivity index (χ0n) is 8.66. The van der Waals surface area contributed by atoms with Crippen LogP contribution in [0.25, 0.3) is 0 Å². The zero-order valence-corrected chi connectivity index (χ0v) is 8.66. The summed E-state index contributed by atoms with van der Waals surface area (Å²) < 4.78 is 4.93. The van der Waals surface area contributed by atoms with Crippen LogP contribution in [-0.4, -0.2) is 50.2 Å². The minimum absolute atomic E-state index is 0.337. The van der Waals surface area contributed by atoms with Crippen molar-refractivity contribution in [3.05, 3.63) is 12.7 Å². The van der Waals surface area contributed by atoms with Crippen LogP contribution in [0.3, 0.4) is 0 Å². The van der Waals surface area contributed by atoms with Crippen LogP contribution in [-0.2, 0) is 9.53 Å². The van der Waals surface area contributed by atoms with Crippen LogP contribution in [0.5, 0.6) is 0 Å². The molecule has 4 nitrogen and oxygen atoms in total. The van der Waals surface area contributed by atoms with E-state index in [-0.39, 0.29) is 5.97 Å². The number of hydrogen-bond acceptors (Lipinski definition) is 4. The van der Waals surface area contributed by atoms with Gasteiger partial charge >= 0.3 is 5.97 Å². The lowest BCUT2D eigenvalue weighted by molar-refractivity contribution is -0.138. The molecule has 0 aromatic heterocycles. The fourth-order valence-electron chi connectivity index (χ4n) is 1.54. The van der Waals surface area contributed by atoms with E-state index >= 15 is 0 Å². The Morgan fingerprint density at radius 2 is 2.57 bits per heavy atom. The molecule has 4 heteroatoms. The van der Waals surface area contributed by atoms with Crippen LogP contribution in [0.1, 0.15) is 6.42 Å². The number of carbonyl (C=O) groups excluding carboxylic acids is 1. The molecule has 1 unspecified atom stereocenters. The van der Waals surface area contributed by atoms with E-state index in [1.807, 2.05) is 0 Å². The fourth-order valence-corrected chi connectivity index (χ4v) is 1.54. The Kier molecular flexibility index (Phi) is 4.62. The lowest BCUT2D eigenvalue weighted by Crippen LogP contribution is -2.49. The highest BCUT2D eigenvalue weighted by molar-refractivity contribution is 5.81.